The van der Waals surface area contributed by atoms with Crippen LogP contribution in [-0.2, 0) is 11.2 Å². The van der Waals surface area contributed by atoms with Crippen LogP contribution < -0.4 is 5.32 Å². The summed E-state index contributed by atoms with van der Waals surface area (Å²) in [4.78, 5) is 10.8. The van der Waals surface area contributed by atoms with Gasteiger partial charge < -0.3 is 5.32 Å². The number of carbonyl (C=O) groups excluding carboxylic acids is 1. The molecule has 1 rings (SSSR count). The number of rotatable bonds is 4. The fourth-order valence-corrected chi connectivity index (χ4v) is 1.16. The molecular formula is C12H15NO. The first-order chi connectivity index (χ1) is 6.72. The molecule has 1 N–H and O–H groups in total. The number of hydrogen-bond acceptors (Lipinski definition) is 1. The van der Waals surface area contributed by atoms with Crippen molar-refractivity contribution in [2.75, 3.05) is 6.54 Å². The van der Waals surface area contributed by atoms with Gasteiger partial charge in [-0.1, -0.05) is 36.4 Å². The van der Waals surface area contributed by atoms with Crippen LogP contribution in [0.4, 0.5) is 0 Å². The van der Waals surface area contributed by atoms with Crippen molar-refractivity contribution in [3.8, 4) is 0 Å². The summed E-state index contributed by atoms with van der Waals surface area (Å²) in [6.07, 6.45) is 2.15. The van der Waals surface area contributed by atoms with E-state index >= 15 is 0 Å². The zero-order valence-electron chi connectivity index (χ0n) is 8.42. The summed E-state index contributed by atoms with van der Waals surface area (Å²) in [5.74, 6) is -0.114. The van der Waals surface area contributed by atoms with E-state index in [9.17, 15) is 4.79 Å². The first-order valence-electron chi connectivity index (χ1n) is 4.68. The van der Waals surface area contributed by atoms with Gasteiger partial charge in [0, 0.05) is 6.54 Å². The van der Waals surface area contributed by atoms with Gasteiger partial charge in [0.2, 0.25) is 5.91 Å². The van der Waals surface area contributed by atoms with Crippen LogP contribution in [0, 0.1) is 6.92 Å². The quantitative estimate of drug-likeness (QED) is 0.719. The number of carbonyl (C=O) groups is 1. The third-order valence-corrected chi connectivity index (χ3v) is 2.02. The Morgan fingerprint density at radius 2 is 2.07 bits per heavy atom. The molecule has 0 spiro atoms. The number of hydrogen-bond donors (Lipinski definition) is 1. The number of aryl methyl sites for hydroxylation is 1. The second-order valence-corrected chi connectivity index (χ2v) is 3.23. The molecule has 14 heavy (non-hydrogen) atoms. The Morgan fingerprint density at radius 1 is 1.43 bits per heavy atom. The molecule has 0 aliphatic heterocycles. The lowest BCUT2D eigenvalue weighted by molar-refractivity contribution is -0.116. The van der Waals surface area contributed by atoms with Crippen LogP contribution in [0.1, 0.15) is 11.1 Å². The average molecular weight is 189 g/mol. The third-order valence-electron chi connectivity index (χ3n) is 2.02. The number of nitrogens with one attached hydrogen (secondary N) is 1. The zero-order valence-corrected chi connectivity index (χ0v) is 8.42. The lowest BCUT2D eigenvalue weighted by atomic mass is 10.1. The Hall–Kier alpha value is -1.57. The van der Waals surface area contributed by atoms with Gasteiger partial charge in [0.05, 0.1) is 0 Å². The summed E-state index contributed by atoms with van der Waals surface area (Å²) < 4.78 is 0. The smallest absolute Gasteiger partial charge is 0.243 e. The van der Waals surface area contributed by atoms with E-state index in [1.54, 1.807) is 0 Å². The van der Waals surface area contributed by atoms with Gasteiger partial charge in [-0.05, 0) is 25.0 Å². The van der Waals surface area contributed by atoms with Crippen molar-refractivity contribution in [3.63, 3.8) is 0 Å². The maximum absolute atomic E-state index is 10.8. The molecule has 0 unspecified atom stereocenters. The Balaban J connectivity index is 2.35. The molecule has 1 amide bonds. The summed E-state index contributed by atoms with van der Waals surface area (Å²) >= 11 is 0. The zero-order chi connectivity index (χ0) is 10.4. The molecule has 0 atom stereocenters. The monoisotopic (exact) mass is 189 g/mol. The van der Waals surface area contributed by atoms with Crippen molar-refractivity contribution in [3.05, 3.63) is 48.0 Å². The van der Waals surface area contributed by atoms with Crippen molar-refractivity contribution >= 4 is 5.91 Å². The maximum Gasteiger partial charge on any atom is 0.243 e. The number of amides is 1. The van der Waals surface area contributed by atoms with E-state index in [0.29, 0.717) is 6.54 Å². The van der Waals surface area contributed by atoms with E-state index in [0.717, 1.165) is 6.42 Å². The molecule has 0 aliphatic carbocycles. The van der Waals surface area contributed by atoms with Crippen LogP contribution in [0.2, 0.25) is 0 Å². The second-order valence-electron chi connectivity index (χ2n) is 3.23. The Morgan fingerprint density at radius 3 is 2.64 bits per heavy atom. The minimum absolute atomic E-state index is 0.114. The van der Waals surface area contributed by atoms with E-state index in [4.69, 9.17) is 0 Å². The average Bonchev–Trinajstić information content (AvgIpc) is 2.21. The van der Waals surface area contributed by atoms with Gasteiger partial charge in [0.15, 0.2) is 0 Å². The SMILES string of the molecule is C=CC(=O)NCCc1ccc(C)cc1. The van der Waals surface area contributed by atoms with Gasteiger partial charge in [-0.2, -0.15) is 0 Å². The van der Waals surface area contributed by atoms with Crippen molar-refractivity contribution in [1.82, 2.24) is 5.32 Å². The molecule has 1 aromatic carbocycles. The van der Waals surface area contributed by atoms with Gasteiger partial charge in [-0.25, -0.2) is 0 Å². The van der Waals surface area contributed by atoms with E-state index < -0.39 is 0 Å². The molecule has 0 aromatic heterocycles. The summed E-state index contributed by atoms with van der Waals surface area (Å²) in [5.41, 5.74) is 2.49. The second kappa shape index (κ2) is 5.22. The molecule has 2 heteroatoms. The van der Waals surface area contributed by atoms with E-state index in [-0.39, 0.29) is 5.91 Å². The van der Waals surface area contributed by atoms with Crippen LogP contribution in [-0.4, -0.2) is 12.5 Å². The van der Waals surface area contributed by atoms with Crippen LogP contribution in [0.5, 0.6) is 0 Å². The highest BCUT2D eigenvalue weighted by atomic mass is 16.1. The minimum Gasteiger partial charge on any atom is -0.352 e. The van der Waals surface area contributed by atoms with Crippen molar-refractivity contribution in [1.29, 1.82) is 0 Å². The lowest BCUT2D eigenvalue weighted by Gasteiger charge is -2.02. The molecule has 0 saturated heterocycles. The van der Waals surface area contributed by atoms with Gasteiger partial charge in [0.1, 0.15) is 0 Å². The topological polar surface area (TPSA) is 29.1 Å². The van der Waals surface area contributed by atoms with E-state index in [1.165, 1.54) is 17.2 Å². The van der Waals surface area contributed by atoms with Gasteiger partial charge in [-0.3, -0.25) is 4.79 Å². The molecule has 0 radical (unpaired) electrons. The van der Waals surface area contributed by atoms with Crippen LogP contribution in [0.25, 0.3) is 0 Å². The molecule has 0 saturated carbocycles. The van der Waals surface area contributed by atoms with Crippen molar-refractivity contribution in [2.45, 2.75) is 13.3 Å². The fourth-order valence-electron chi connectivity index (χ4n) is 1.16. The maximum atomic E-state index is 10.8. The molecule has 0 heterocycles. The van der Waals surface area contributed by atoms with E-state index in [1.807, 2.05) is 0 Å². The summed E-state index contributed by atoms with van der Waals surface area (Å²) in [5, 5.41) is 2.74. The Bertz CT molecular complexity index is 314. The standard InChI is InChI=1S/C12H15NO/c1-3-12(14)13-9-8-11-6-4-10(2)5-7-11/h3-7H,1,8-9H2,2H3,(H,13,14). The molecular weight excluding hydrogens is 174 g/mol. The van der Waals surface area contributed by atoms with Crippen LogP contribution >= 0.6 is 0 Å². The highest BCUT2D eigenvalue weighted by Gasteiger charge is 1.94. The Labute approximate surface area is 84.6 Å². The lowest BCUT2D eigenvalue weighted by Crippen LogP contribution is -2.23. The van der Waals surface area contributed by atoms with Crippen LogP contribution in [0.3, 0.4) is 0 Å². The van der Waals surface area contributed by atoms with Crippen molar-refractivity contribution in [2.24, 2.45) is 0 Å². The molecule has 74 valence electrons. The largest absolute Gasteiger partial charge is 0.352 e. The predicted molar refractivity (Wildman–Crippen MR) is 58.1 cm³/mol. The molecule has 0 aliphatic rings. The molecule has 0 bridgehead atoms. The molecule has 1 aromatic rings. The van der Waals surface area contributed by atoms with Gasteiger partial charge in [0.25, 0.3) is 0 Å². The van der Waals surface area contributed by atoms with E-state index in [2.05, 4.69) is 43.1 Å². The Kier molecular flexibility index (Phi) is 3.92. The molecule has 2 nitrogen and oxygen atoms in total. The number of benzene rings is 1. The van der Waals surface area contributed by atoms with Gasteiger partial charge in [-0.15, -0.1) is 0 Å². The molecule has 0 fully saturated rings. The highest BCUT2D eigenvalue weighted by Crippen LogP contribution is 2.02. The first kappa shape index (κ1) is 10.5. The third kappa shape index (κ3) is 3.44. The first-order valence-corrected chi connectivity index (χ1v) is 4.68. The predicted octanol–water partition coefficient (Wildman–Crippen LogP) is 1.84. The normalized spacial score (nSPS) is 9.50. The minimum atomic E-state index is -0.114. The summed E-state index contributed by atoms with van der Waals surface area (Å²) in [7, 11) is 0. The van der Waals surface area contributed by atoms with Gasteiger partial charge >= 0.3 is 0 Å². The van der Waals surface area contributed by atoms with Crippen molar-refractivity contribution < 1.29 is 4.79 Å². The fraction of sp³-hybridized carbons (Fsp3) is 0.250. The summed E-state index contributed by atoms with van der Waals surface area (Å²) in [6.45, 7) is 6.11. The summed E-state index contributed by atoms with van der Waals surface area (Å²) in [6, 6.07) is 8.31. The highest BCUT2D eigenvalue weighted by molar-refractivity contribution is 5.86. The van der Waals surface area contributed by atoms with Crippen LogP contribution in [0.15, 0.2) is 36.9 Å².